The first kappa shape index (κ1) is 21.9. The second-order valence-corrected chi connectivity index (χ2v) is 8.27. The number of nitrogens with zero attached hydrogens (tertiary/aromatic N) is 2. The second kappa shape index (κ2) is 11.4. The van der Waals surface area contributed by atoms with Crippen molar-refractivity contribution in [3.63, 3.8) is 0 Å². The van der Waals surface area contributed by atoms with E-state index < -0.39 is 0 Å². The number of rotatable bonds is 10. The van der Waals surface area contributed by atoms with E-state index in [2.05, 4.69) is 40.7 Å². The van der Waals surface area contributed by atoms with Gasteiger partial charge in [-0.15, -0.1) is 0 Å². The van der Waals surface area contributed by atoms with Crippen LogP contribution in [-0.2, 0) is 6.54 Å². The lowest BCUT2D eigenvalue weighted by atomic mass is 10.2. The number of nitrogens with one attached hydrogen (secondary N) is 2. The second-order valence-electron chi connectivity index (χ2n) is 6.76. The highest BCUT2D eigenvalue weighted by Gasteiger charge is 2.16. The van der Waals surface area contributed by atoms with E-state index in [-0.39, 0.29) is 4.75 Å². The average Bonchev–Trinajstić information content (AvgIpc) is 2.73. The summed E-state index contributed by atoms with van der Waals surface area (Å²) in [4.78, 5) is 8.60. The lowest BCUT2D eigenvalue weighted by Gasteiger charge is -2.23. The number of para-hydroxylation sites is 1. The summed E-state index contributed by atoms with van der Waals surface area (Å²) in [6, 6.07) is 13.5. The molecule has 0 radical (unpaired) electrons. The zero-order valence-corrected chi connectivity index (χ0v) is 17.9. The fourth-order valence-corrected chi connectivity index (χ4v) is 2.42. The van der Waals surface area contributed by atoms with E-state index in [9.17, 15) is 0 Å². The maximum Gasteiger partial charge on any atom is 0.213 e. The Morgan fingerprint density at radius 3 is 2.46 bits per heavy atom. The SMILES string of the molecule is CN=C(NCc1ccc(OCCOc2ccccc2)nc1)NCC(C)(C)SC. The van der Waals surface area contributed by atoms with Gasteiger partial charge in [0.05, 0.1) is 0 Å². The number of hydrogen-bond donors (Lipinski definition) is 2. The molecular formula is C21H30N4O2S. The number of guanidine groups is 1. The van der Waals surface area contributed by atoms with Gasteiger partial charge < -0.3 is 20.1 Å². The van der Waals surface area contributed by atoms with Crippen molar-refractivity contribution in [3.8, 4) is 11.6 Å². The molecule has 0 saturated heterocycles. The summed E-state index contributed by atoms with van der Waals surface area (Å²) in [6.07, 6.45) is 3.92. The van der Waals surface area contributed by atoms with Crippen LogP contribution in [0, 0.1) is 0 Å². The highest BCUT2D eigenvalue weighted by atomic mass is 32.2. The van der Waals surface area contributed by atoms with E-state index in [1.807, 2.05) is 54.2 Å². The van der Waals surface area contributed by atoms with Crippen LogP contribution in [-0.4, -0.2) is 48.8 Å². The van der Waals surface area contributed by atoms with Gasteiger partial charge in [-0.3, -0.25) is 4.99 Å². The summed E-state index contributed by atoms with van der Waals surface area (Å²) in [7, 11) is 1.77. The third-order valence-electron chi connectivity index (χ3n) is 4.06. The molecule has 28 heavy (non-hydrogen) atoms. The van der Waals surface area contributed by atoms with Gasteiger partial charge in [-0.1, -0.05) is 24.3 Å². The predicted octanol–water partition coefficient (Wildman–Crippen LogP) is 3.35. The van der Waals surface area contributed by atoms with Crippen LogP contribution in [0.5, 0.6) is 11.6 Å². The van der Waals surface area contributed by atoms with E-state index >= 15 is 0 Å². The highest BCUT2D eigenvalue weighted by molar-refractivity contribution is 7.99. The first-order valence-corrected chi connectivity index (χ1v) is 10.5. The summed E-state index contributed by atoms with van der Waals surface area (Å²) in [5.74, 6) is 2.20. The Morgan fingerprint density at radius 1 is 1.07 bits per heavy atom. The van der Waals surface area contributed by atoms with Crippen molar-refractivity contribution in [3.05, 3.63) is 54.2 Å². The third kappa shape index (κ3) is 8.08. The van der Waals surface area contributed by atoms with Gasteiger partial charge in [0.15, 0.2) is 5.96 Å². The number of ether oxygens (including phenoxy) is 2. The number of hydrogen-bond acceptors (Lipinski definition) is 5. The number of benzene rings is 1. The molecule has 0 fully saturated rings. The van der Waals surface area contributed by atoms with Gasteiger partial charge in [0.25, 0.3) is 0 Å². The largest absolute Gasteiger partial charge is 0.490 e. The molecule has 2 rings (SSSR count). The Balaban J connectivity index is 1.70. The van der Waals surface area contributed by atoms with Crippen molar-refractivity contribution < 1.29 is 9.47 Å². The van der Waals surface area contributed by atoms with Crippen LogP contribution >= 0.6 is 11.8 Å². The number of pyridine rings is 1. The zero-order valence-electron chi connectivity index (χ0n) is 17.1. The lowest BCUT2D eigenvalue weighted by Crippen LogP contribution is -2.42. The summed E-state index contributed by atoms with van der Waals surface area (Å²) in [5, 5.41) is 6.65. The fourth-order valence-electron chi connectivity index (χ4n) is 2.20. The first-order valence-electron chi connectivity index (χ1n) is 9.27. The number of aromatic nitrogens is 1. The Bertz CT molecular complexity index is 721. The van der Waals surface area contributed by atoms with Gasteiger partial charge in [-0.05, 0) is 37.8 Å². The zero-order chi connectivity index (χ0) is 20.2. The quantitative estimate of drug-likeness (QED) is 0.361. The molecule has 1 aromatic heterocycles. The van der Waals surface area contributed by atoms with Crippen molar-refractivity contribution >= 4 is 17.7 Å². The maximum absolute atomic E-state index is 5.62. The average molecular weight is 403 g/mol. The minimum Gasteiger partial charge on any atom is -0.490 e. The molecule has 0 atom stereocenters. The Morgan fingerprint density at radius 2 is 1.82 bits per heavy atom. The predicted molar refractivity (Wildman–Crippen MR) is 117 cm³/mol. The Kier molecular flexibility index (Phi) is 8.94. The summed E-state index contributed by atoms with van der Waals surface area (Å²) < 4.78 is 11.4. The minimum absolute atomic E-state index is 0.155. The molecule has 152 valence electrons. The Hall–Kier alpha value is -2.41. The molecule has 0 spiro atoms. The smallest absolute Gasteiger partial charge is 0.213 e. The van der Waals surface area contributed by atoms with Gasteiger partial charge in [0.2, 0.25) is 5.88 Å². The molecule has 0 aliphatic carbocycles. The molecule has 6 nitrogen and oxygen atoms in total. The van der Waals surface area contributed by atoms with Crippen molar-refractivity contribution in [1.82, 2.24) is 15.6 Å². The minimum atomic E-state index is 0.155. The van der Waals surface area contributed by atoms with Gasteiger partial charge in [0.1, 0.15) is 19.0 Å². The van der Waals surface area contributed by atoms with Gasteiger partial charge >= 0.3 is 0 Å². The van der Waals surface area contributed by atoms with Crippen molar-refractivity contribution in [1.29, 1.82) is 0 Å². The summed E-state index contributed by atoms with van der Waals surface area (Å²) >= 11 is 1.82. The van der Waals surface area contributed by atoms with Crippen LogP contribution in [0.3, 0.4) is 0 Å². The number of thioether (sulfide) groups is 1. The van der Waals surface area contributed by atoms with E-state index in [0.717, 1.165) is 23.8 Å². The molecule has 0 saturated carbocycles. The number of aliphatic imine (C=N–C) groups is 1. The normalized spacial score (nSPS) is 11.8. The van der Waals surface area contributed by atoms with Crippen molar-refractivity contribution in [2.75, 3.05) is 33.1 Å². The molecule has 1 aromatic carbocycles. The Labute approximate surface area is 172 Å². The standard InChI is InChI=1S/C21H30N4O2S/c1-21(2,28-4)16-25-20(22-3)24-15-17-10-11-19(23-14-17)27-13-12-26-18-8-6-5-7-9-18/h5-11,14H,12-13,15-16H2,1-4H3,(H2,22,24,25). The van der Waals surface area contributed by atoms with Crippen LogP contribution in [0.25, 0.3) is 0 Å². The van der Waals surface area contributed by atoms with E-state index in [1.54, 1.807) is 13.2 Å². The molecule has 7 heteroatoms. The van der Waals surface area contributed by atoms with Crippen molar-refractivity contribution in [2.24, 2.45) is 4.99 Å². The molecule has 2 N–H and O–H groups in total. The molecule has 0 unspecified atom stereocenters. The maximum atomic E-state index is 5.62. The van der Waals surface area contributed by atoms with Gasteiger partial charge in [-0.2, -0.15) is 11.8 Å². The van der Waals surface area contributed by atoms with Gasteiger partial charge in [0, 0.05) is 37.1 Å². The van der Waals surface area contributed by atoms with Crippen LogP contribution < -0.4 is 20.1 Å². The van der Waals surface area contributed by atoms with Crippen molar-refractivity contribution in [2.45, 2.75) is 25.1 Å². The molecular weight excluding hydrogens is 372 g/mol. The molecule has 0 amide bonds. The van der Waals surface area contributed by atoms with Crippen LogP contribution in [0.4, 0.5) is 0 Å². The van der Waals surface area contributed by atoms with Crippen LogP contribution in [0.1, 0.15) is 19.4 Å². The summed E-state index contributed by atoms with van der Waals surface area (Å²) in [6.45, 7) is 6.80. The molecule has 0 aliphatic heterocycles. The van der Waals surface area contributed by atoms with E-state index in [1.165, 1.54) is 0 Å². The fraction of sp³-hybridized carbons (Fsp3) is 0.429. The van der Waals surface area contributed by atoms with Gasteiger partial charge in [-0.25, -0.2) is 4.98 Å². The monoisotopic (exact) mass is 402 g/mol. The third-order valence-corrected chi connectivity index (χ3v) is 5.31. The van der Waals surface area contributed by atoms with Crippen LogP contribution in [0.15, 0.2) is 53.7 Å². The molecule has 0 bridgehead atoms. The first-order chi connectivity index (χ1) is 13.5. The molecule has 1 heterocycles. The van der Waals surface area contributed by atoms with E-state index in [0.29, 0.717) is 25.6 Å². The van der Waals surface area contributed by atoms with E-state index in [4.69, 9.17) is 9.47 Å². The topological polar surface area (TPSA) is 67.8 Å². The molecule has 0 aliphatic rings. The van der Waals surface area contributed by atoms with Crippen LogP contribution in [0.2, 0.25) is 0 Å². The lowest BCUT2D eigenvalue weighted by molar-refractivity contribution is 0.212. The highest BCUT2D eigenvalue weighted by Crippen LogP contribution is 2.19. The molecule has 2 aromatic rings. The summed E-state index contributed by atoms with van der Waals surface area (Å²) in [5.41, 5.74) is 1.06.